The Morgan fingerprint density at radius 3 is 2.77 bits per heavy atom. The monoisotopic (exact) mass is 203 g/mol. The van der Waals surface area contributed by atoms with Crippen molar-refractivity contribution >= 4 is 17.5 Å². The zero-order valence-corrected chi connectivity index (χ0v) is 8.43. The van der Waals surface area contributed by atoms with Gasteiger partial charge in [-0.25, -0.2) is 0 Å². The van der Waals surface area contributed by atoms with Gasteiger partial charge in [0.05, 0.1) is 11.1 Å². The van der Waals surface area contributed by atoms with E-state index in [4.69, 9.17) is 16.3 Å². The summed E-state index contributed by atoms with van der Waals surface area (Å²) in [5.74, 6) is -0.275. The van der Waals surface area contributed by atoms with Gasteiger partial charge in [-0.1, -0.05) is 18.2 Å². The number of methoxy groups -OCH3 is 1. The molecule has 0 bridgehead atoms. The van der Waals surface area contributed by atoms with E-state index in [-0.39, 0.29) is 23.1 Å². The molecule has 0 aromatic carbocycles. The highest BCUT2D eigenvalue weighted by Crippen LogP contribution is 2.21. The van der Waals surface area contributed by atoms with Gasteiger partial charge in [-0.15, -0.1) is 0 Å². The summed E-state index contributed by atoms with van der Waals surface area (Å²) in [5, 5.41) is 2.83. The highest BCUT2D eigenvalue weighted by Gasteiger charge is 2.25. The molecule has 1 rings (SSSR count). The van der Waals surface area contributed by atoms with Crippen molar-refractivity contribution in [2.75, 3.05) is 7.11 Å². The van der Waals surface area contributed by atoms with Crippen LogP contribution in [0.15, 0.2) is 11.6 Å². The van der Waals surface area contributed by atoms with E-state index < -0.39 is 0 Å². The molecule has 1 aliphatic carbocycles. The smallest absolute Gasteiger partial charge is 0.262 e. The maximum Gasteiger partial charge on any atom is 0.262 e. The fourth-order valence-corrected chi connectivity index (χ4v) is 1.60. The van der Waals surface area contributed by atoms with Gasteiger partial charge in [0.25, 0.3) is 5.91 Å². The van der Waals surface area contributed by atoms with E-state index in [0.29, 0.717) is 0 Å². The van der Waals surface area contributed by atoms with Crippen molar-refractivity contribution in [1.82, 2.24) is 5.32 Å². The number of amides is 1. The van der Waals surface area contributed by atoms with E-state index in [9.17, 15) is 4.79 Å². The van der Waals surface area contributed by atoms with Gasteiger partial charge in [-0.3, -0.25) is 4.79 Å². The summed E-state index contributed by atoms with van der Waals surface area (Å²) >= 11 is 5.44. The minimum Gasteiger partial charge on any atom is -0.381 e. The average Bonchev–Trinajstić information content (AvgIpc) is 2.52. The number of carbonyl (C=O) groups excluding carboxylic acids is 1. The SMILES string of the molecule is C=C(Cl)C(=O)NC1CCC(OC)C1. The number of hydrogen-bond donors (Lipinski definition) is 1. The fourth-order valence-electron chi connectivity index (χ4n) is 1.55. The topological polar surface area (TPSA) is 38.3 Å². The van der Waals surface area contributed by atoms with Crippen LogP contribution in [-0.4, -0.2) is 25.2 Å². The second-order valence-electron chi connectivity index (χ2n) is 3.25. The van der Waals surface area contributed by atoms with Gasteiger partial charge in [-0.2, -0.15) is 0 Å². The number of nitrogens with one attached hydrogen (secondary N) is 1. The van der Waals surface area contributed by atoms with E-state index in [1.54, 1.807) is 7.11 Å². The largest absolute Gasteiger partial charge is 0.381 e. The second kappa shape index (κ2) is 4.63. The Labute approximate surface area is 83.1 Å². The molecule has 2 unspecified atom stereocenters. The van der Waals surface area contributed by atoms with Gasteiger partial charge < -0.3 is 10.1 Å². The Kier molecular flexibility index (Phi) is 3.75. The molecule has 0 aliphatic heterocycles. The molecule has 0 aromatic heterocycles. The molecule has 1 amide bonds. The Morgan fingerprint density at radius 2 is 2.31 bits per heavy atom. The van der Waals surface area contributed by atoms with E-state index >= 15 is 0 Å². The molecule has 13 heavy (non-hydrogen) atoms. The summed E-state index contributed by atoms with van der Waals surface area (Å²) in [6, 6.07) is 0.188. The van der Waals surface area contributed by atoms with Gasteiger partial charge in [0, 0.05) is 13.2 Å². The molecule has 1 N–H and O–H groups in total. The lowest BCUT2D eigenvalue weighted by Gasteiger charge is -2.11. The molecule has 74 valence electrons. The third-order valence-electron chi connectivity index (χ3n) is 2.30. The van der Waals surface area contributed by atoms with Crippen LogP contribution in [0.1, 0.15) is 19.3 Å². The summed E-state index contributed by atoms with van der Waals surface area (Å²) < 4.78 is 5.18. The van der Waals surface area contributed by atoms with E-state index in [0.717, 1.165) is 19.3 Å². The molecule has 0 aromatic rings. The maximum atomic E-state index is 11.1. The molecule has 2 atom stereocenters. The molecule has 1 aliphatic rings. The number of rotatable bonds is 3. The van der Waals surface area contributed by atoms with Crippen molar-refractivity contribution in [3.05, 3.63) is 11.6 Å². The molecule has 0 heterocycles. The van der Waals surface area contributed by atoms with E-state index in [2.05, 4.69) is 11.9 Å². The second-order valence-corrected chi connectivity index (χ2v) is 3.70. The van der Waals surface area contributed by atoms with Gasteiger partial charge in [0.1, 0.15) is 0 Å². The summed E-state index contributed by atoms with van der Waals surface area (Å²) in [6.45, 7) is 3.36. The third kappa shape index (κ3) is 3.01. The average molecular weight is 204 g/mol. The Balaban J connectivity index is 2.32. The van der Waals surface area contributed by atoms with E-state index in [1.165, 1.54) is 0 Å². The molecule has 1 saturated carbocycles. The Morgan fingerprint density at radius 1 is 1.62 bits per heavy atom. The molecule has 0 saturated heterocycles. The zero-order valence-electron chi connectivity index (χ0n) is 7.68. The predicted octanol–water partition coefficient (Wildman–Crippen LogP) is 1.42. The lowest BCUT2D eigenvalue weighted by atomic mass is 10.2. The van der Waals surface area contributed by atoms with Crippen LogP contribution in [-0.2, 0) is 9.53 Å². The van der Waals surface area contributed by atoms with Crippen LogP contribution in [0.4, 0.5) is 0 Å². The summed E-state index contributed by atoms with van der Waals surface area (Å²) in [7, 11) is 1.69. The molecule has 0 radical (unpaired) electrons. The minimum atomic E-state index is -0.275. The fraction of sp³-hybridized carbons (Fsp3) is 0.667. The first-order valence-corrected chi connectivity index (χ1v) is 4.69. The van der Waals surface area contributed by atoms with Gasteiger partial charge in [-0.05, 0) is 19.3 Å². The first-order chi connectivity index (χ1) is 6.13. The van der Waals surface area contributed by atoms with Crippen molar-refractivity contribution in [3.63, 3.8) is 0 Å². The first-order valence-electron chi connectivity index (χ1n) is 4.31. The van der Waals surface area contributed by atoms with Crippen molar-refractivity contribution in [3.8, 4) is 0 Å². The number of halogens is 1. The molecule has 4 heteroatoms. The van der Waals surface area contributed by atoms with Crippen molar-refractivity contribution in [1.29, 1.82) is 0 Å². The standard InChI is InChI=1S/C9H14ClNO2/c1-6(10)9(12)11-7-3-4-8(5-7)13-2/h7-8H,1,3-5H2,2H3,(H,11,12). The lowest BCUT2D eigenvalue weighted by molar-refractivity contribution is -0.117. The Bertz CT molecular complexity index is 218. The lowest BCUT2D eigenvalue weighted by Crippen LogP contribution is -2.33. The number of carbonyl (C=O) groups is 1. The van der Waals surface area contributed by atoms with Crippen LogP contribution in [0.5, 0.6) is 0 Å². The van der Waals surface area contributed by atoms with Crippen molar-refractivity contribution in [2.45, 2.75) is 31.4 Å². The molecule has 1 fully saturated rings. The zero-order chi connectivity index (χ0) is 9.84. The highest BCUT2D eigenvalue weighted by atomic mass is 35.5. The van der Waals surface area contributed by atoms with Gasteiger partial charge >= 0.3 is 0 Å². The van der Waals surface area contributed by atoms with Crippen LogP contribution in [0.2, 0.25) is 0 Å². The van der Waals surface area contributed by atoms with Crippen molar-refractivity contribution < 1.29 is 9.53 Å². The predicted molar refractivity (Wildman–Crippen MR) is 51.6 cm³/mol. The molecule has 0 spiro atoms. The Hall–Kier alpha value is -0.540. The van der Waals surface area contributed by atoms with E-state index in [1.807, 2.05) is 0 Å². The summed E-state index contributed by atoms with van der Waals surface area (Å²) in [4.78, 5) is 11.1. The quantitative estimate of drug-likeness (QED) is 0.705. The summed E-state index contributed by atoms with van der Waals surface area (Å²) in [5.41, 5.74) is 0. The molecular formula is C9H14ClNO2. The van der Waals surface area contributed by atoms with Crippen LogP contribution < -0.4 is 5.32 Å². The van der Waals surface area contributed by atoms with Gasteiger partial charge in [0.15, 0.2) is 0 Å². The molecule has 3 nitrogen and oxygen atoms in total. The first kappa shape index (κ1) is 10.5. The highest BCUT2D eigenvalue weighted by molar-refractivity contribution is 6.41. The number of ether oxygens (including phenoxy) is 1. The van der Waals surface area contributed by atoms with Crippen LogP contribution >= 0.6 is 11.6 Å². The third-order valence-corrected chi connectivity index (χ3v) is 2.47. The minimum absolute atomic E-state index is 0.0425. The normalized spacial score (nSPS) is 27.2. The van der Waals surface area contributed by atoms with Crippen LogP contribution in [0.25, 0.3) is 0 Å². The van der Waals surface area contributed by atoms with Crippen LogP contribution in [0.3, 0.4) is 0 Å². The van der Waals surface area contributed by atoms with Crippen molar-refractivity contribution in [2.24, 2.45) is 0 Å². The van der Waals surface area contributed by atoms with Crippen LogP contribution in [0, 0.1) is 0 Å². The molecular weight excluding hydrogens is 190 g/mol. The van der Waals surface area contributed by atoms with Gasteiger partial charge in [0.2, 0.25) is 0 Å². The number of hydrogen-bond acceptors (Lipinski definition) is 2. The maximum absolute atomic E-state index is 11.1. The summed E-state index contributed by atoms with van der Waals surface area (Å²) in [6.07, 6.45) is 3.09.